The standard InChI is InChI=1S/C20H42N3OS.Co/c1-8-22(9-2)15-16-23(10-3)14-13-21-19(24)17-25-20(6,7)12-11-18(4)5;/h11,18H,8-10,12-17H2,1-7H3,(H,21,24);/q-1;. The molecule has 0 atom stereocenters. The third-order valence-corrected chi connectivity index (χ3v) is 5.85. The first-order chi connectivity index (χ1) is 11.7. The normalized spacial score (nSPS) is 11.9. The van der Waals surface area contributed by atoms with Crippen molar-refractivity contribution in [1.29, 1.82) is 0 Å². The average Bonchev–Trinajstić information content (AvgIpc) is 2.57. The van der Waals surface area contributed by atoms with Gasteiger partial charge in [0.15, 0.2) is 0 Å². The fraction of sp³-hybridized carbons (Fsp3) is 0.900. The van der Waals surface area contributed by atoms with Crippen LogP contribution in [-0.2, 0) is 21.6 Å². The summed E-state index contributed by atoms with van der Waals surface area (Å²) in [6.45, 7) is 22.5. The largest absolute Gasteiger partial charge is 0.354 e. The zero-order chi connectivity index (χ0) is 19.3. The molecular weight excluding hydrogens is 389 g/mol. The Hall–Kier alpha value is 0.246. The first-order valence-corrected chi connectivity index (χ1v) is 10.9. The van der Waals surface area contributed by atoms with Crippen molar-refractivity contribution in [3.8, 4) is 0 Å². The average molecular weight is 432 g/mol. The Bertz CT molecular complexity index is 350. The van der Waals surface area contributed by atoms with Crippen LogP contribution in [0.15, 0.2) is 0 Å². The molecule has 159 valence electrons. The van der Waals surface area contributed by atoms with E-state index in [-0.39, 0.29) is 27.4 Å². The Labute approximate surface area is 177 Å². The van der Waals surface area contributed by atoms with Crippen molar-refractivity contribution >= 4 is 17.7 Å². The van der Waals surface area contributed by atoms with Gasteiger partial charge >= 0.3 is 0 Å². The van der Waals surface area contributed by atoms with Crippen LogP contribution >= 0.6 is 11.8 Å². The summed E-state index contributed by atoms with van der Waals surface area (Å²) in [6, 6.07) is 0. The first-order valence-electron chi connectivity index (χ1n) is 9.92. The predicted molar refractivity (Wildman–Crippen MR) is 113 cm³/mol. The first kappa shape index (κ1) is 28.5. The molecule has 0 rings (SSSR count). The molecule has 0 aliphatic rings. The molecule has 26 heavy (non-hydrogen) atoms. The molecule has 0 saturated heterocycles. The summed E-state index contributed by atoms with van der Waals surface area (Å²) in [6.07, 6.45) is 3.37. The van der Waals surface area contributed by atoms with Gasteiger partial charge in [0.25, 0.3) is 0 Å². The van der Waals surface area contributed by atoms with Crippen LogP contribution in [0.4, 0.5) is 0 Å². The van der Waals surface area contributed by atoms with Crippen LogP contribution in [0.25, 0.3) is 0 Å². The van der Waals surface area contributed by atoms with E-state index in [2.05, 4.69) is 70.0 Å². The van der Waals surface area contributed by atoms with Crippen LogP contribution in [0.5, 0.6) is 0 Å². The number of nitrogens with one attached hydrogen (secondary N) is 1. The van der Waals surface area contributed by atoms with Gasteiger partial charge in [-0.3, -0.25) is 4.79 Å². The molecule has 0 unspecified atom stereocenters. The van der Waals surface area contributed by atoms with E-state index in [4.69, 9.17) is 0 Å². The second kappa shape index (κ2) is 16.2. The zero-order valence-electron chi connectivity index (χ0n) is 18.1. The summed E-state index contributed by atoms with van der Waals surface area (Å²) in [5.74, 6) is 1.30. The molecule has 1 radical (unpaired) electrons. The quantitative estimate of drug-likeness (QED) is 0.403. The minimum Gasteiger partial charge on any atom is -0.354 e. The van der Waals surface area contributed by atoms with Crippen molar-refractivity contribution in [2.24, 2.45) is 5.92 Å². The third-order valence-electron chi connectivity index (χ3n) is 4.50. The van der Waals surface area contributed by atoms with Gasteiger partial charge in [-0.2, -0.15) is 12.3 Å². The van der Waals surface area contributed by atoms with Gasteiger partial charge in [-0.15, -0.1) is 11.8 Å². The van der Waals surface area contributed by atoms with Gasteiger partial charge in [0.05, 0.1) is 5.75 Å². The van der Waals surface area contributed by atoms with Crippen molar-refractivity contribution < 1.29 is 21.6 Å². The van der Waals surface area contributed by atoms with Crippen molar-refractivity contribution in [2.45, 2.75) is 59.6 Å². The summed E-state index contributed by atoms with van der Waals surface area (Å²) in [7, 11) is 0. The van der Waals surface area contributed by atoms with Crippen LogP contribution in [0.1, 0.15) is 54.9 Å². The maximum atomic E-state index is 12.1. The van der Waals surface area contributed by atoms with Gasteiger partial charge in [-0.25, -0.2) is 0 Å². The van der Waals surface area contributed by atoms with Gasteiger partial charge in [0, 0.05) is 43.0 Å². The topological polar surface area (TPSA) is 35.6 Å². The molecule has 1 N–H and O–H groups in total. The Morgan fingerprint density at radius 3 is 2.08 bits per heavy atom. The van der Waals surface area contributed by atoms with E-state index >= 15 is 0 Å². The molecule has 4 nitrogen and oxygen atoms in total. The summed E-state index contributed by atoms with van der Waals surface area (Å²) in [5.41, 5.74) is 0. The third kappa shape index (κ3) is 15.3. The molecule has 0 aliphatic heterocycles. The minimum atomic E-state index is 0. The fourth-order valence-electron chi connectivity index (χ4n) is 2.49. The Kier molecular flexibility index (Phi) is 17.8. The molecule has 0 bridgehead atoms. The molecule has 6 heteroatoms. The molecule has 0 saturated carbocycles. The fourth-order valence-corrected chi connectivity index (χ4v) is 3.33. The van der Waals surface area contributed by atoms with Crippen molar-refractivity contribution in [1.82, 2.24) is 15.1 Å². The van der Waals surface area contributed by atoms with E-state index in [1.807, 2.05) is 0 Å². The maximum absolute atomic E-state index is 12.1. The molecule has 0 aromatic rings. The van der Waals surface area contributed by atoms with Gasteiger partial charge in [-0.1, -0.05) is 48.5 Å². The van der Waals surface area contributed by atoms with Crippen LogP contribution in [-0.4, -0.2) is 72.0 Å². The molecule has 0 heterocycles. The van der Waals surface area contributed by atoms with E-state index in [0.29, 0.717) is 11.7 Å². The Balaban J connectivity index is 0. The molecule has 0 aliphatic carbocycles. The van der Waals surface area contributed by atoms with Crippen LogP contribution in [0.3, 0.4) is 0 Å². The van der Waals surface area contributed by atoms with E-state index in [0.717, 1.165) is 52.2 Å². The second-order valence-electron chi connectivity index (χ2n) is 7.54. The SMILES string of the molecule is CCN(CC)CCN(CC)CCNC(=O)CSC(C)(C)C[CH-]C(C)C.[Co]. The molecule has 0 aromatic carbocycles. The molecule has 0 fully saturated rings. The second-order valence-corrected chi connectivity index (χ2v) is 9.23. The summed E-state index contributed by atoms with van der Waals surface area (Å²) < 4.78 is 0.126. The summed E-state index contributed by atoms with van der Waals surface area (Å²) in [4.78, 5) is 16.9. The summed E-state index contributed by atoms with van der Waals surface area (Å²) in [5, 5.41) is 3.08. The number of nitrogens with zero attached hydrogens (tertiary/aromatic N) is 2. The predicted octanol–water partition coefficient (Wildman–Crippen LogP) is 3.53. The number of carbonyl (C=O) groups excluding carboxylic acids is 1. The van der Waals surface area contributed by atoms with Crippen LogP contribution < -0.4 is 5.32 Å². The van der Waals surface area contributed by atoms with E-state index in [1.165, 1.54) is 0 Å². The smallest absolute Gasteiger partial charge is 0.230 e. The van der Waals surface area contributed by atoms with Crippen LogP contribution in [0, 0.1) is 12.3 Å². The van der Waals surface area contributed by atoms with Gasteiger partial charge in [0.1, 0.15) is 0 Å². The van der Waals surface area contributed by atoms with Crippen molar-refractivity contribution in [3.05, 3.63) is 6.42 Å². The number of thioether (sulfide) groups is 1. The number of carbonyl (C=O) groups is 1. The number of hydrogen-bond donors (Lipinski definition) is 1. The van der Waals surface area contributed by atoms with E-state index < -0.39 is 0 Å². The molecule has 0 spiro atoms. The minimum absolute atomic E-state index is 0. The van der Waals surface area contributed by atoms with Gasteiger partial charge in [-0.05, 0) is 24.4 Å². The molecular formula is C20H42CoN3OS-. The van der Waals surface area contributed by atoms with Crippen molar-refractivity contribution in [2.75, 3.05) is 51.6 Å². The monoisotopic (exact) mass is 431 g/mol. The van der Waals surface area contributed by atoms with Crippen molar-refractivity contribution in [3.63, 3.8) is 0 Å². The van der Waals surface area contributed by atoms with E-state index in [9.17, 15) is 4.79 Å². The number of likely N-dealkylation sites (N-methyl/N-ethyl adjacent to an activating group) is 2. The number of amides is 1. The van der Waals surface area contributed by atoms with Gasteiger partial charge in [0.2, 0.25) is 5.91 Å². The Morgan fingerprint density at radius 2 is 1.58 bits per heavy atom. The van der Waals surface area contributed by atoms with E-state index in [1.54, 1.807) is 11.8 Å². The number of rotatable bonds is 15. The number of hydrogen-bond acceptors (Lipinski definition) is 4. The molecule has 1 amide bonds. The van der Waals surface area contributed by atoms with Gasteiger partial charge < -0.3 is 21.5 Å². The van der Waals surface area contributed by atoms with Crippen LogP contribution in [0.2, 0.25) is 0 Å². The zero-order valence-corrected chi connectivity index (χ0v) is 19.9. The maximum Gasteiger partial charge on any atom is 0.230 e. The Morgan fingerprint density at radius 1 is 1.04 bits per heavy atom. The molecule has 0 aromatic heterocycles. The summed E-state index contributed by atoms with van der Waals surface area (Å²) >= 11 is 1.75.